The molecule has 0 heterocycles. The predicted octanol–water partition coefficient (Wildman–Crippen LogP) is 3.37. The first-order valence-corrected chi connectivity index (χ1v) is 8.84. The highest BCUT2D eigenvalue weighted by Gasteiger charge is 2.09. The molecular weight excluding hydrogens is 396 g/mol. The van der Waals surface area contributed by atoms with Crippen molar-refractivity contribution in [1.29, 1.82) is 0 Å². The molecule has 3 aromatic carbocycles. The first-order valence-electron chi connectivity index (χ1n) is 8.05. The number of amides is 2. The molecule has 132 valence electrons. The van der Waals surface area contributed by atoms with Gasteiger partial charge in [0, 0.05) is 0 Å². The van der Waals surface area contributed by atoms with E-state index in [9.17, 15) is 9.59 Å². The van der Waals surface area contributed by atoms with Gasteiger partial charge in [0.1, 0.15) is 5.75 Å². The number of halogens is 1. The summed E-state index contributed by atoms with van der Waals surface area (Å²) in [5.74, 6) is -0.169. The molecule has 5 nitrogen and oxygen atoms in total. The van der Waals surface area contributed by atoms with Crippen molar-refractivity contribution in [2.24, 2.45) is 0 Å². The molecule has 0 radical (unpaired) electrons. The molecule has 0 aliphatic carbocycles. The first kappa shape index (κ1) is 17.9. The lowest BCUT2D eigenvalue weighted by Crippen LogP contribution is -2.44. The number of carbonyl (C=O) groups excluding carboxylic acids is 2. The summed E-state index contributed by atoms with van der Waals surface area (Å²) in [5, 5.41) is 2.07. The number of nitrogens with one attached hydrogen (secondary N) is 2. The molecule has 0 aliphatic heterocycles. The molecule has 0 atom stereocenters. The highest BCUT2D eigenvalue weighted by molar-refractivity contribution is 9.10. The molecule has 6 heteroatoms. The molecule has 0 fully saturated rings. The van der Waals surface area contributed by atoms with Crippen molar-refractivity contribution in [3.63, 3.8) is 0 Å². The van der Waals surface area contributed by atoms with E-state index >= 15 is 0 Å². The first-order chi connectivity index (χ1) is 12.6. The summed E-state index contributed by atoms with van der Waals surface area (Å²) in [5.41, 5.74) is 5.60. The molecule has 0 bridgehead atoms. The molecule has 0 aromatic heterocycles. The van der Waals surface area contributed by atoms with Crippen LogP contribution in [0.15, 0.2) is 71.2 Å². The number of hydrogen-bond donors (Lipinski definition) is 2. The zero-order valence-electron chi connectivity index (χ0n) is 13.9. The monoisotopic (exact) mass is 412 g/mol. The lowest BCUT2D eigenvalue weighted by molar-refractivity contribution is -0.129. The molecule has 2 amide bonds. The summed E-state index contributed by atoms with van der Waals surface area (Å²) < 4.78 is 6.34. The summed E-state index contributed by atoms with van der Waals surface area (Å²) in [6.07, 6.45) is 0.193. The fourth-order valence-electron chi connectivity index (χ4n) is 2.47. The average Bonchev–Trinajstić information content (AvgIpc) is 2.67. The average molecular weight is 413 g/mol. The van der Waals surface area contributed by atoms with Gasteiger partial charge in [0.05, 0.1) is 10.9 Å². The third-order valence-corrected chi connectivity index (χ3v) is 4.55. The van der Waals surface area contributed by atoms with Crippen LogP contribution in [0.4, 0.5) is 0 Å². The SMILES string of the molecule is O=C(COc1ccc2ccccc2c1Br)NNC(=O)Cc1ccccc1. The smallest absolute Gasteiger partial charge is 0.276 e. The second-order valence-electron chi connectivity index (χ2n) is 5.65. The van der Waals surface area contributed by atoms with Gasteiger partial charge in [-0.25, -0.2) is 0 Å². The molecule has 0 saturated carbocycles. The van der Waals surface area contributed by atoms with Crippen LogP contribution < -0.4 is 15.6 Å². The fourth-order valence-corrected chi connectivity index (χ4v) is 3.08. The Balaban J connectivity index is 1.50. The second-order valence-corrected chi connectivity index (χ2v) is 6.44. The molecule has 0 spiro atoms. The number of rotatable bonds is 5. The molecule has 0 aliphatic rings. The maximum atomic E-state index is 11.9. The van der Waals surface area contributed by atoms with Crippen LogP contribution in [0.2, 0.25) is 0 Å². The lowest BCUT2D eigenvalue weighted by Gasteiger charge is -2.11. The Kier molecular flexibility index (Phi) is 5.86. The fraction of sp³-hybridized carbons (Fsp3) is 0.100. The van der Waals surface area contributed by atoms with E-state index in [2.05, 4.69) is 26.8 Å². The van der Waals surface area contributed by atoms with Gasteiger partial charge in [-0.1, -0.05) is 60.7 Å². The quantitative estimate of drug-likeness (QED) is 0.631. The van der Waals surface area contributed by atoms with Crippen molar-refractivity contribution in [1.82, 2.24) is 10.9 Å². The van der Waals surface area contributed by atoms with Gasteiger partial charge in [-0.2, -0.15) is 0 Å². The van der Waals surface area contributed by atoms with E-state index in [-0.39, 0.29) is 18.9 Å². The van der Waals surface area contributed by atoms with E-state index in [4.69, 9.17) is 4.74 Å². The predicted molar refractivity (Wildman–Crippen MR) is 104 cm³/mol. The maximum absolute atomic E-state index is 11.9. The minimum absolute atomic E-state index is 0.193. The van der Waals surface area contributed by atoms with E-state index in [0.717, 1.165) is 20.8 Å². The summed E-state index contributed by atoms with van der Waals surface area (Å²) in [6.45, 7) is -0.206. The van der Waals surface area contributed by atoms with Gasteiger partial charge in [0.25, 0.3) is 5.91 Å². The highest BCUT2D eigenvalue weighted by atomic mass is 79.9. The van der Waals surface area contributed by atoms with Crippen LogP contribution >= 0.6 is 15.9 Å². The van der Waals surface area contributed by atoms with Gasteiger partial charge < -0.3 is 4.74 Å². The van der Waals surface area contributed by atoms with Crippen molar-refractivity contribution < 1.29 is 14.3 Å². The van der Waals surface area contributed by atoms with Crippen LogP contribution in [0.3, 0.4) is 0 Å². The summed E-state index contributed by atoms with van der Waals surface area (Å²) in [7, 11) is 0. The van der Waals surface area contributed by atoms with Gasteiger partial charge in [-0.15, -0.1) is 0 Å². The lowest BCUT2D eigenvalue weighted by atomic mass is 10.1. The van der Waals surface area contributed by atoms with Crippen molar-refractivity contribution in [3.8, 4) is 5.75 Å². The van der Waals surface area contributed by atoms with E-state index < -0.39 is 5.91 Å². The Morgan fingerprint density at radius 3 is 2.35 bits per heavy atom. The molecular formula is C20H17BrN2O3. The maximum Gasteiger partial charge on any atom is 0.276 e. The zero-order chi connectivity index (χ0) is 18.4. The van der Waals surface area contributed by atoms with E-state index in [1.54, 1.807) is 6.07 Å². The normalized spacial score (nSPS) is 10.3. The van der Waals surface area contributed by atoms with Crippen LogP contribution in [0.25, 0.3) is 10.8 Å². The van der Waals surface area contributed by atoms with E-state index in [1.165, 1.54) is 0 Å². The Morgan fingerprint density at radius 2 is 1.54 bits per heavy atom. The van der Waals surface area contributed by atoms with Crippen molar-refractivity contribution in [2.45, 2.75) is 6.42 Å². The molecule has 3 aromatic rings. The van der Waals surface area contributed by atoms with Gasteiger partial charge in [-0.05, 0) is 38.3 Å². The molecule has 2 N–H and O–H groups in total. The Morgan fingerprint density at radius 1 is 0.846 bits per heavy atom. The van der Waals surface area contributed by atoms with Gasteiger partial charge in [0.2, 0.25) is 5.91 Å². The van der Waals surface area contributed by atoms with Gasteiger partial charge in [-0.3, -0.25) is 20.4 Å². The minimum Gasteiger partial charge on any atom is -0.483 e. The number of benzene rings is 3. The van der Waals surface area contributed by atoms with Crippen LogP contribution in [0.5, 0.6) is 5.75 Å². The largest absolute Gasteiger partial charge is 0.483 e. The number of hydrazine groups is 1. The second kappa shape index (κ2) is 8.49. The highest BCUT2D eigenvalue weighted by Crippen LogP contribution is 2.32. The molecule has 0 saturated heterocycles. The topological polar surface area (TPSA) is 67.4 Å². The Bertz CT molecular complexity index is 929. The summed E-state index contributed by atoms with van der Waals surface area (Å²) in [4.78, 5) is 23.7. The minimum atomic E-state index is -0.438. The summed E-state index contributed by atoms with van der Waals surface area (Å²) >= 11 is 3.50. The molecule has 0 unspecified atom stereocenters. The third-order valence-electron chi connectivity index (χ3n) is 3.74. The van der Waals surface area contributed by atoms with Crippen molar-refractivity contribution >= 4 is 38.5 Å². The third kappa shape index (κ3) is 4.61. The number of hydrogen-bond acceptors (Lipinski definition) is 3. The van der Waals surface area contributed by atoms with Gasteiger partial charge in [0.15, 0.2) is 6.61 Å². The Labute approximate surface area is 159 Å². The molecule has 3 rings (SSSR count). The standard InChI is InChI=1S/C20H17BrN2O3/c21-20-16-9-5-4-8-15(16)10-11-17(20)26-13-19(25)23-22-18(24)12-14-6-2-1-3-7-14/h1-11H,12-13H2,(H,22,24)(H,23,25). The van der Waals surface area contributed by atoms with Crippen LogP contribution in [0, 0.1) is 0 Å². The van der Waals surface area contributed by atoms with E-state index in [1.807, 2.05) is 60.7 Å². The summed E-state index contributed by atoms with van der Waals surface area (Å²) in [6, 6.07) is 20.9. The van der Waals surface area contributed by atoms with E-state index in [0.29, 0.717) is 5.75 Å². The van der Waals surface area contributed by atoms with Gasteiger partial charge >= 0.3 is 0 Å². The van der Waals surface area contributed by atoms with Crippen LogP contribution in [0.1, 0.15) is 5.56 Å². The number of fused-ring (bicyclic) bond motifs is 1. The number of ether oxygens (including phenoxy) is 1. The number of carbonyl (C=O) groups is 2. The van der Waals surface area contributed by atoms with Crippen LogP contribution in [-0.2, 0) is 16.0 Å². The van der Waals surface area contributed by atoms with Crippen LogP contribution in [-0.4, -0.2) is 18.4 Å². The molecule has 26 heavy (non-hydrogen) atoms. The van der Waals surface area contributed by atoms with Crippen molar-refractivity contribution in [2.75, 3.05) is 6.61 Å². The zero-order valence-corrected chi connectivity index (χ0v) is 15.5. The van der Waals surface area contributed by atoms with Crippen molar-refractivity contribution in [3.05, 3.63) is 76.8 Å². The Hall–Kier alpha value is -2.86.